The molecule has 2 aliphatic rings. The zero-order chi connectivity index (χ0) is 19.5. The molecule has 0 spiro atoms. The summed E-state index contributed by atoms with van der Waals surface area (Å²) in [7, 11) is 2.23. The van der Waals surface area contributed by atoms with E-state index in [1.54, 1.807) is 6.20 Å². The Labute approximate surface area is 168 Å². The van der Waals surface area contributed by atoms with Crippen LogP contribution >= 0.6 is 0 Å². The van der Waals surface area contributed by atoms with Gasteiger partial charge in [-0.1, -0.05) is 0 Å². The Balaban J connectivity index is 1.40. The van der Waals surface area contributed by atoms with Gasteiger partial charge in [0.25, 0.3) is 0 Å². The molecule has 0 amide bonds. The van der Waals surface area contributed by atoms with E-state index >= 15 is 0 Å². The lowest BCUT2D eigenvalue weighted by atomic mass is 9.89. The predicted octanol–water partition coefficient (Wildman–Crippen LogP) is 2.70. The number of aromatic nitrogens is 3. The number of likely N-dealkylation sites (N-methyl/N-ethyl adjacent to an activating group) is 1. The molecule has 2 fully saturated rings. The van der Waals surface area contributed by atoms with Gasteiger partial charge in [-0.2, -0.15) is 0 Å². The average Bonchev–Trinajstić information content (AvgIpc) is 2.74. The van der Waals surface area contributed by atoms with Crippen LogP contribution < -0.4 is 4.90 Å². The summed E-state index contributed by atoms with van der Waals surface area (Å²) in [6.45, 7) is 11.4. The molecule has 4 heterocycles. The minimum absolute atomic E-state index is 0.675. The van der Waals surface area contributed by atoms with E-state index in [0.29, 0.717) is 6.04 Å². The summed E-state index contributed by atoms with van der Waals surface area (Å²) >= 11 is 0. The molecule has 0 bridgehead atoms. The molecule has 6 heteroatoms. The van der Waals surface area contributed by atoms with Crippen LogP contribution in [0.1, 0.15) is 25.5 Å². The Morgan fingerprint density at radius 2 is 1.79 bits per heavy atom. The molecule has 0 radical (unpaired) electrons. The number of piperidine rings is 1. The van der Waals surface area contributed by atoms with E-state index < -0.39 is 0 Å². The topological polar surface area (TPSA) is 48.4 Å². The molecule has 0 unspecified atom stereocenters. The van der Waals surface area contributed by atoms with E-state index in [0.717, 1.165) is 41.9 Å². The molecular weight excluding hydrogens is 348 g/mol. The zero-order valence-electron chi connectivity index (χ0n) is 17.4. The zero-order valence-corrected chi connectivity index (χ0v) is 17.4. The van der Waals surface area contributed by atoms with Gasteiger partial charge in [0.05, 0.1) is 0 Å². The van der Waals surface area contributed by atoms with Gasteiger partial charge in [0.15, 0.2) is 5.82 Å². The SMILES string of the molecule is Cc1cc(N2CCC([C@H](C)N3CCN(C)CC3)CC2)nc(-c2cccnc2)n1. The standard InChI is InChI=1S/C22H32N6/c1-17-15-21(25-22(24-17)20-5-4-8-23-16-20)28-9-6-19(7-10-28)18(2)27-13-11-26(3)12-14-27/h4-5,8,15-16,18-19H,6-7,9-14H2,1-3H3/t18-/m0/s1. The highest BCUT2D eigenvalue weighted by atomic mass is 15.3. The number of anilines is 1. The summed E-state index contributed by atoms with van der Waals surface area (Å²) in [4.78, 5) is 21.2. The van der Waals surface area contributed by atoms with Gasteiger partial charge < -0.3 is 9.80 Å². The van der Waals surface area contributed by atoms with Crippen LogP contribution in [0.3, 0.4) is 0 Å². The molecule has 2 aromatic heterocycles. The van der Waals surface area contributed by atoms with Gasteiger partial charge >= 0.3 is 0 Å². The lowest BCUT2D eigenvalue weighted by Gasteiger charge is -2.43. The van der Waals surface area contributed by atoms with E-state index in [9.17, 15) is 0 Å². The Bertz CT molecular complexity index is 764. The van der Waals surface area contributed by atoms with Gasteiger partial charge in [0.2, 0.25) is 0 Å². The third-order valence-electron chi connectivity index (χ3n) is 6.42. The molecule has 28 heavy (non-hydrogen) atoms. The van der Waals surface area contributed by atoms with Crippen LogP contribution in [0.25, 0.3) is 11.4 Å². The number of aryl methyl sites for hydroxylation is 1. The molecule has 4 rings (SSSR count). The van der Waals surface area contributed by atoms with Crippen molar-refractivity contribution in [1.82, 2.24) is 24.8 Å². The largest absolute Gasteiger partial charge is 0.356 e. The molecule has 2 saturated heterocycles. The fourth-order valence-electron chi connectivity index (χ4n) is 4.48. The molecular formula is C22H32N6. The van der Waals surface area contributed by atoms with Gasteiger partial charge in [-0.3, -0.25) is 9.88 Å². The van der Waals surface area contributed by atoms with Gasteiger partial charge in [-0.25, -0.2) is 9.97 Å². The maximum atomic E-state index is 4.85. The summed E-state index contributed by atoms with van der Waals surface area (Å²) in [5.74, 6) is 2.61. The number of hydrogen-bond acceptors (Lipinski definition) is 6. The summed E-state index contributed by atoms with van der Waals surface area (Å²) in [6, 6.07) is 6.75. The van der Waals surface area contributed by atoms with Crippen molar-refractivity contribution < 1.29 is 0 Å². The van der Waals surface area contributed by atoms with Crippen LogP contribution in [0.5, 0.6) is 0 Å². The van der Waals surface area contributed by atoms with Gasteiger partial charge in [-0.15, -0.1) is 0 Å². The first-order valence-corrected chi connectivity index (χ1v) is 10.5. The maximum Gasteiger partial charge on any atom is 0.163 e. The molecule has 6 nitrogen and oxygen atoms in total. The third-order valence-corrected chi connectivity index (χ3v) is 6.42. The normalized spacial score (nSPS) is 21.0. The smallest absolute Gasteiger partial charge is 0.163 e. The Hall–Kier alpha value is -2.05. The van der Waals surface area contributed by atoms with Gasteiger partial charge in [0.1, 0.15) is 5.82 Å². The van der Waals surface area contributed by atoms with E-state index in [1.165, 1.54) is 39.0 Å². The maximum absolute atomic E-state index is 4.85. The molecule has 0 aromatic carbocycles. The first-order chi connectivity index (χ1) is 13.6. The predicted molar refractivity (Wildman–Crippen MR) is 113 cm³/mol. The Morgan fingerprint density at radius 3 is 2.46 bits per heavy atom. The highest BCUT2D eigenvalue weighted by Crippen LogP contribution is 2.28. The lowest BCUT2D eigenvalue weighted by molar-refractivity contribution is 0.0813. The van der Waals surface area contributed by atoms with Crippen LogP contribution in [0.15, 0.2) is 30.6 Å². The molecule has 2 aromatic rings. The fourth-order valence-corrected chi connectivity index (χ4v) is 4.48. The number of pyridine rings is 1. The second kappa shape index (κ2) is 8.53. The molecule has 0 aliphatic carbocycles. The molecule has 150 valence electrons. The van der Waals surface area contributed by atoms with Crippen LogP contribution in [0.4, 0.5) is 5.82 Å². The van der Waals surface area contributed by atoms with Crippen molar-refractivity contribution in [3.05, 3.63) is 36.3 Å². The molecule has 0 N–H and O–H groups in total. The number of nitrogens with zero attached hydrogens (tertiary/aromatic N) is 6. The second-order valence-electron chi connectivity index (χ2n) is 8.34. The van der Waals surface area contributed by atoms with Crippen molar-refractivity contribution in [3.63, 3.8) is 0 Å². The number of hydrogen-bond donors (Lipinski definition) is 0. The summed E-state index contributed by atoms with van der Waals surface area (Å²) in [6.07, 6.45) is 6.09. The Morgan fingerprint density at radius 1 is 1.04 bits per heavy atom. The minimum Gasteiger partial charge on any atom is -0.356 e. The summed E-state index contributed by atoms with van der Waals surface area (Å²) in [5.41, 5.74) is 1.99. The van der Waals surface area contributed by atoms with E-state index in [-0.39, 0.29) is 0 Å². The highest BCUT2D eigenvalue weighted by Gasteiger charge is 2.29. The van der Waals surface area contributed by atoms with Gasteiger partial charge in [-0.05, 0) is 51.8 Å². The first-order valence-electron chi connectivity index (χ1n) is 10.5. The van der Waals surface area contributed by atoms with Crippen LogP contribution in [-0.2, 0) is 0 Å². The fraction of sp³-hybridized carbons (Fsp3) is 0.591. The van der Waals surface area contributed by atoms with E-state index in [2.05, 4.69) is 44.7 Å². The van der Waals surface area contributed by atoms with E-state index in [1.807, 2.05) is 25.3 Å². The average molecular weight is 381 g/mol. The van der Waals surface area contributed by atoms with Crippen molar-refractivity contribution in [2.75, 3.05) is 51.2 Å². The van der Waals surface area contributed by atoms with Crippen LogP contribution in [0, 0.1) is 12.8 Å². The van der Waals surface area contributed by atoms with Crippen molar-refractivity contribution in [1.29, 1.82) is 0 Å². The quantitative estimate of drug-likeness (QED) is 0.813. The van der Waals surface area contributed by atoms with Crippen molar-refractivity contribution >= 4 is 5.82 Å². The molecule has 0 saturated carbocycles. The first kappa shape index (κ1) is 19.3. The van der Waals surface area contributed by atoms with E-state index in [4.69, 9.17) is 4.98 Å². The van der Waals surface area contributed by atoms with Crippen molar-refractivity contribution in [2.24, 2.45) is 5.92 Å². The second-order valence-corrected chi connectivity index (χ2v) is 8.34. The third kappa shape index (κ3) is 4.33. The summed E-state index contributed by atoms with van der Waals surface area (Å²) < 4.78 is 0. The van der Waals surface area contributed by atoms with Crippen LogP contribution in [0.2, 0.25) is 0 Å². The van der Waals surface area contributed by atoms with Crippen LogP contribution in [-0.4, -0.2) is 77.1 Å². The van der Waals surface area contributed by atoms with Gasteiger partial charge in [0, 0.05) is 75.0 Å². The number of piperazine rings is 1. The molecule has 2 aliphatic heterocycles. The lowest BCUT2D eigenvalue weighted by Crippen LogP contribution is -2.51. The minimum atomic E-state index is 0.675. The monoisotopic (exact) mass is 380 g/mol. The summed E-state index contributed by atoms with van der Waals surface area (Å²) in [5, 5.41) is 0. The van der Waals surface area contributed by atoms with Crippen molar-refractivity contribution in [2.45, 2.75) is 32.7 Å². The Kier molecular flexibility index (Phi) is 5.87. The highest BCUT2D eigenvalue weighted by molar-refractivity contribution is 5.56. The number of rotatable bonds is 4. The molecule has 1 atom stereocenters. The van der Waals surface area contributed by atoms with Crippen molar-refractivity contribution in [3.8, 4) is 11.4 Å².